The second-order valence-electron chi connectivity index (χ2n) is 6.36. The summed E-state index contributed by atoms with van der Waals surface area (Å²) in [5.74, 6) is 0.104. The average Bonchev–Trinajstić information content (AvgIpc) is 2.51. The van der Waals surface area contributed by atoms with Gasteiger partial charge in [0.2, 0.25) is 0 Å². The normalized spacial score (nSPS) is 21.5. The van der Waals surface area contributed by atoms with Gasteiger partial charge in [0.15, 0.2) is 0 Å². The van der Waals surface area contributed by atoms with Crippen LogP contribution in [0.1, 0.15) is 48.0 Å². The highest BCUT2D eigenvalue weighted by molar-refractivity contribution is 6.34. The summed E-state index contributed by atoms with van der Waals surface area (Å²) >= 11 is 6.37. The van der Waals surface area contributed by atoms with Crippen molar-refractivity contribution >= 4 is 17.5 Å². The predicted octanol–water partition coefficient (Wildman–Crippen LogP) is 3.40. The molecule has 3 nitrogen and oxygen atoms in total. The molecule has 1 aliphatic heterocycles. The van der Waals surface area contributed by atoms with Crippen molar-refractivity contribution in [2.45, 2.75) is 44.6 Å². The Labute approximate surface area is 131 Å². The highest BCUT2D eigenvalue weighted by Crippen LogP contribution is 2.36. The molecule has 114 valence electrons. The van der Waals surface area contributed by atoms with Gasteiger partial charge in [-0.1, -0.05) is 43.0 Å². The fraction of sp³-hybridized carbons (Fsp3) is 0.588. The van der Waals surface area contributed by atoms with Crippen LogP contribution < -0.4 is 5.32 Å². The van der Waals surface area contributed by atoms with Crippen LogP contribution in [0.2, 0.25) is 5.02 Å². The van der Waals surface area contributed by atoms with E-state index >= 15 is 0 Å². The second-order valence-corrected chi connectivity index (χ2v) is 6.73. The van der Waals surface area contributed by atoms with E-state index in [0.717, 1.165) is 38.0 Å². The lowest BCUT2D eigenvalue weighted by molar-refractivity contribution is 0.0222. The molecule has 1 spiro atoms. The first-order chi connectivity index (χ1) is 10.1. The van der Waals surface area contributed by atoms with E-state index in [1.807, 2.05) is 25.1 Å². The molecular formula is C17H23ClN2O. The highest BCUT2D eigenvalue weighted by Gasteiger charge is 2.42. The zero-order chi connectivity index (χ0) is 14.9. The van der Waals surface area contributed by atoms with Gasteiger partial charge in [0.1, 0.15) is 0 Å². The smallest absolute Gasteiger partial charge is 0.255 e. The molecule has 1 aromatic carbocycles. The quantitative estimate of drug-likeness (QED) is 0.862. The summed E-state index contributed by atoms with van der Waals surface area (Å²) in [6.45, 7) is 4.52. The van der Waals surface area contributed by atoms with Gasteiger partial charge in [-0.3, -0.25) is 4.79 Å². The monoisotopic (exact) mass is 306 g/mol. The Morgan fingerprint density at radius 3 is 2.81 bits per heavy atom. The Morgan fingerprint density at radius 2 is 2.05 bits per heavy atom. The van der Waals surface area contributed by atoms with Crippen LogP contribution in [0.25, 0.3) is 0 Å². The summed E-state index contributed by atoms with van der Waals surface area (Å²) in [6, 6.07) is 5.73. The fourth-order valence-corrected chi connectivity index (χ4v) is 3.98. The topological polar surface area (TPSA) is 32.3 Å². The Morgan fingerprint density at radius 1 is 1.29 bits per heavy atom. The van der Waals surface area contributed by atoms with Gasteiger partial charge < -0.3 is 10.2 Å². The first kappa shape index (κ1) is 14.9. The summed E-state index contributed by atoms with van der Waals surface area (Å²) in [6.07, 6.45) is 5.93. The largest absolute Gasteiger partial charge is 0.330 e. The van der Waals surface area contributed by atoms with Gasteiger partial charge in [0, 0.05) is 19.6 Å². The molecule has 0 unspecified atom stereocenters. The molecule has 1 amide bonds. The molecule has 0 aromatic heterocycles. The summed E-state index contributed by atoms with van der Waals surface area (Å²) in [7, 11) is 0. The van der Waals surface area contributed by atoms with Crippen molar-refractivity contribution in [2.24, 2.45) is 0 Å². The molecule has 3 rings (SSSR count). The van der Waals surface area contributed by atoms with Crippen molar-refractivity contribution in [3.8, 4) is 0 Å². The minimum Gasteiger partial charge on any atom is -0.330 e. The first-order valence-corrected chi connectivity index (χ1v) is 8.30. The number of amides is 1. The number of piperazine rings is 1. The first-order valence-electron chi connectivity index (χ1n) is 7.92. The predicted molar refractivity (Wildman–Crippen MR) is 85.9 cm³/mol. The van der Waals surface area contributed by atoms with E-state index in [0.29, 0.717) is 10.6 Å². The van der Waals surface area contributed by atoms with E-state index in [1.165, 1.54) is 19.3 Å². The summed E-state index contributed by atoms with van der Waals surface area (Å²) in [5.41, 5.74) is 1.62. The summed E-state index contributed by atoms with van der Waals surface area (Å²) in [4.78, 5) is 15.2. The van der Waals surface area contributed by atoms with E-state index < -0.39 is 0 Å². The number of nitrogens with zero attached hydrogens (tertiary/aromatic N) is 1. The van der Waals surface area contributed by atoms with Gasteiger partial charge in [-0.2, -0.15) is 0 Å². The average molecular weight is 307 g/mol. The van der Waals surface area contributed by atoms with E-state index in [4.69, 9.17) is 11.6 Å². The molecule has 0 bridgehead atoms. The summed E-state index contributed by atoms with van der Waals surface area (Å²) < 4.78 is 0. The number of hydrogen-bond acceptors (Lipinski definition) is 2. The maximum Gasteiger partial charge on any atom is 0.255 e. The summed E-state index contributed by atoms with van der Waals surface area (Å²) in [5, 5.41) is 4.08. The van der Waals surface area contributed by atoms with Crippen LogP contribution in [0.5, 0.6) is 0 Å². The third-order valence-electron chi connectivity index (χ3n) is 4.99. The maximum atomic E-state index is 13.1. The lowest BCUT2D eigenvalue weighted by atomic mass is 9.78. The van der Waals surface area contributed by atoms with Gasteiger partial charge >= 0.3 is 0 Å². The van der Waals surface area contributed by atoms with Crippen LogP contribution in [-0.2, 0) is 0 Å². The Bertz CT molecular complexity index is 529. The molecule has 1 saturated heterocycles. The standard InChI is InChI=1S/C17H23ClN2O/c1-13-6-5-7-14(15(13)18)16(21)20-11-10-19-12-17(20)8-3-2-4-9-17/h5-7,19H,2-4,8-12H2,1H3. The van der Waals surface area contributed by atoms with Crippen molar-refractivity contribution in [1.82, 2.24) is 10.2 Å². The van der Waals surface area contributed by atoms with Crippen LogP contribution >= 0.6 is 11.6 Å². The van der Waals surface area contributed by atoms with Gasteiger partial charge in [0.25, 0.3) is 5.91 Å². The van der Waals surface area contributed by atoms with Gasteiger partial charge in [-0.05, 0) is 31.4 Å². The fourth-order valence-electron chi connectivity index (χ4n) is 3.78. The van der Waals surface area contributed by atoms with Crippen molar-refractivity contribution in [3.63, 3.8) is 0 Å². The molecule has 4 heteroatoms. The number of nitrogens with one attached hydrogen (secondary N) is 1. The Balaban J connectivity index is 1.92. The highest BCUT2D eigenvalue weighted by atomic mass is 35.5. The molecule has 2 aliphatic rings. The number of aryl methyl sites for hydroxylation is 1. The molecule has 1 N–H and O–H groups in total. The minimum absolute atomic E-state index is 0.000653. The van der Waals surface area contributed by atoms with Crippen molar-refractivity contribution in [3.05, 3.63) is 34.3 Å². The third kappa shape index (κ3) is 2.69. The molecular weight excluding hydrogens is 284 g/mol. The lowest BCUT2D eigenvalue weighted by Crippen LogP contribution is -2.63. The number of halogens is 1. The number of rotatable bonds is 1. The van der Waals surface area contributed by atoms with E-state index in [2.05, 4.69) is 10.2 Å². The van der Waals surface area contributed by atoms with Crippen LogP contribution in [0.4, 0.5) is 0 Å². The molecule has 1 aromatic rings. The number of benzene rings is 1. The van der Waals surface area contributed by atoms with Crippen molar-refractivity contribution in [1.29, 1.82) is 0 Å². The maximum absolute atomic E-state index is 13.1. The zero-order valence-electron chi connectivity index (χ0n) is 12.6. The Hall–Kier alpha value is -1.06. The number of carbonyl (C=O) groups is 1. The molecule has 1 saturated carbocycles. The van der Waals surface area contributed by atoms with Crippen LogP contribution in [-0.4, -0.2) is 36.0 Å². The second kappa shape index (κ2) is 5.98. The Kier molecular flexibility index (Phi) is 4.23. The van der Waals surface area contributed by atoms with E-state index in [1.54, 1.807) is 0 Å². The van der Waals surface area contributed by atoms with E-state index in [9.17, 15) is 4.79 Å². The van der Waals surface area contributed by atoms with Gasteiger partial charge in [-0.25, -0.2) is 0 Å². The molecule has 1 heterocycles. The SMILES string of the molecule is Cc1cccc(C(=O)N2CCNCC23CCCCC3)c1Cl. The van der Waals surface area contributed by atoms with Crippen molar-refractivity contribution in [2.75, 3.05) is 19.6 Å². The van der Waals surface area contributed by atoms with Crippen LogP contribution in [0.3, 0.4) is 0 Å². The van der Waals surface area contributed by atoms with E-state index in [-0.39, 0.29) is 11.4 Å². The molecule has 21 heavy (non-hydrogen) atoms. The van der Waals surface area contributed by atoms with Crippen LogP contribution in [0.15, 0.2) is 18.2 Å². The number of carbonyl (C=O) groups excluding carboxylic acids is 1. The lowest BCUT2D eigenvalue weighted by Gasteiger charge is -2.50. The molecule has 2 fully saturated rings. The van der Waals surface area contributed by atoms with Crippen molar-refractivity contribution < 1.29 is 4.79 Å². The molecule has 1 aliphatic carbocycles. The third-order valence-corrected chi connectivity index (χ3v) is 5.49. The zero-order valence-corrected chi connectivity index (χ0v) is 13.4. The van der Waals surface area contributed by atoms with Crippen LogP contribution in [0, 0.1) is 6.92 Å². The molecule has 0 atom stereocenters. The minimum atomic E-state index is 0.000653. The van der Waals surface area contributed by atoms with Gasteiger partial charge in [0.05, 0.1) is 16.1 Å². The number of hydrogen-bond donors (Lipinski definition) is 1. The van der Waals surface area contributed by atoms with Gasteiger partial charge in [-0.15, -0.1) is 0 Å². The molecule has 0 radical (unpaired) electrons.